The summed E-state index contributed by atoms with van der Waals surface area (Å²) >= 11 is 0. The van der Waals surface area contributed by atoms with E-state index in [0.29, 0.717) is 0 Å². The predicted molar refractivity (Wildman–Crippen MR) is 123 cm³/mol. The smallest absolute Gasteiger partial charge is 0.00928 e. The first-order valence-corrected chi connectivity index (χ1v) is 8.71. The van der Waals surface area contributed by atoms with Crippen molar-refractivity contribution in [2.75, 3.05) is 0 Å². The Labute approximate surface area is 162 Å². The molecule has 0 saturated heterocycles. The zero-order valence-corrected chi connectivity index (χ0v) is 14.2. The lowest BCUT2D eigenvalue weighted by Crippen LogP contribution is -1.85. The van der Waals surface area contributed by atoms with Gasteiger partial charge in [0.05, 0.1) is 0 Å². The van der Waals surface area contributed by atoms with Gasteiger partial charge < -0.3 is 0 Å². The van der Waals surface area contributed by atoms with Crippen LogP contribution in [0.1, 0.15) is 20.4 Å². The highest BCUT2D eigenvalue weighted by molar-refractivity contribution is 6.25. The van der Waals surface area contributed by atoms with E-state index >= 15 is 0 Å². The van der Waals surface area contributed by atoms with E-state index in [9.17, 15) is 0 Å². The Morgan fingerprint density at radius 3 is 1.44 bits per heavy atom. The van der Waals surface area contributed by atoms with Crippen LogP contribution in [-0.4, -0.2) is 0 Å². The number of benzene rings is 5. The van der Waals surface area contributed by atoms with E-state index in [1.54, 1.807) is 0 Å². The van der Waals surface area contributed by atoms with Crippen LogP contribution in [0.3, 0.4) is 0 Å². The summed E-state index contributed by atoms with van der Waals surface area (Å²) in [5.74, 6) is 0. The van der Waals surface area contributed by atoms with Crippen molar-refractivity contribution >= 4 is 32.3 Å². The van der Waals surface area contributed by atoms with E-state index in [1.807, 2.05) is 0 Å². The van der Waals surface area contributed by atoms with Gasteiger partial charge >= 0.3 is 0 Å². The fourth-order valence-electron chi connectivity index (χ4n) is 3.91. The zero-order valence-electron chi connectivity index (χ0n) is 14.2. The molecule has 5 rings (SSSR count). The van der Waals surface area contributed by atoms with Crippen LogP contribution in [0.2, 0.25) is 0 Å². The summed E-state index contributed by atoms with van der Waals surface area (Å²) in [4.78, 5) is 0. The molecule has 0 aliphatic heterocycles. The molecule has 0 radical (unpaired) electrons. The maximum Gasteiger partial charge on any atom is -0.00928 e. The van der Waals surface area contributed by atoms with Gasteiger partial charge in [0.25, 0.3) is 0 Å². The maximum atomic E-state index is 2.35. The summed E-state index contributed by atoms with van der Waals surface area (Å²) < 4.78 is 0. The monoisotopic (exact) mass is 350 g/mol. The molecule has 5 aromatic carbocycles. The lowest BCUT2D eigenvalue weighted by molar-refractivity contribution is 1.47. The van der Waals surface area contributed by atoms with Crippen molar-refractivity contribution in [1.82, 2.24) is 0 Å². The molecule has 0 saturated carbocycles. The predicted octanol–water partition coefficient (Wildman–Crippen LogP) is 8.39. The third-order valence-corrected chi connectivity index (χ3v) is 5.10. The second kappa shape index (κ2) is 7.25. The molecule has 0 aliphatic carbocycles. The molecule has 0 spiro atoms. The van der Waals surface area contributed by atoms with E-state index < -0.39 is 0 Å². The molecule has 0 unspecified atom stereocenters. The third kappa shape index (κ3) is 2.98. The van der Waals surface area contributed by atoms with Crippen molar-refractivity contribution in [3.63, 3.8) is 0 Å². The molecule has 27 heavy (non-hydrogen) atoms. The van der Waals surface area contributed by atoms with Gasteiger partial charge in [-0.15, -0.1) is 0 Å². The second-order valence-electron chi connectivity index (χ2n) is 6.72. The van der Waals surface area contributed by atoms with Gasteiger partial charge in [0.2, 0.25) is 0 Å². The molecule has 0 nitrogen and oxygen atoms in total. The molecule has 0 aliphatic rings. The van der Waals surface area contributed by atoms with Crippen LogP contribution < -0.4 is 0 Å². The van der Waals surface area contributed by atoms with Crippen LogP contribution in [0.4, 0.5) is 0 Å². The topological polar surface area (TPSA) is 0 Å². The fourth-order valence-corrected chi connectivity index (χ4v) is 3.91. The average Bonchev–Trinajstić information content (AvgIpc) is 2.68. The third-order valence-electron chi connectivity index (χ3n) is 5.10. The largest absolute Gasteiger partial charge is 0.0776 e. The molecule has 0 aromatic heterocycles. The normalized spacial score (nSPS) is 10.6. The van der Waals surface area contributed by atoms with Crippen LogP contribution in [0.5, 0.6) is 0 Å². The average molecular weight is 351 g/mol. The Bertz CT molecular complexity index is 1210. The minimum atomic E-state index is 0. The quantitative estimate of drug-likeness (QED) is 0.266. The zero-order chi connectivity index (χ0) is 16.8. The summed E-state index contributed by atoms with van der Waals surface area (Å²) in [6.07, 6.45) is 0. The number of hydrogen-bond donors (Lipinski definition) is 0. The Hall–Kier alpha value is -3.12. The first-order chi connectivity index (χ1) is 12.3. The maximum absolute atomic E-state index is 2.35. The van der Waals surface area contributed by atoms with Gasteiger partial charge in [-0.05, 0) is 56.4 Å². The van der Waals surface area contributed by atoms with Gasteiger partial charge in [0.15, 0.2) is 0 Å². The Morgan fingerprint density at radius 2 is 0.889 bits per heavy atom. The van der Waals surface area contributed by atoms with Crippen molar-refractivity contribution < 1.29 is 0 Å². The first-order valence-electron chi connectivity index (χ1n) is 8.71. The van der Waals surface area contributed by atoms with Crippen LogP contribution >= 0.6 is 0 Å². The van der Waals surface area contributed by atoms with Gasteiger partial charge in [-0.1, -0.05) is 105 Å². The Balaban J connectivity index is 0.00000105. The molecule has 0 bridgehead atoms. The highest BCUT2D eigenvalue weighted by Crippen LogP contribution is 2.36. The summed E-state index contributed by atoms with van der Waals surface area (Å²) in [6.45, 7) is 2.15. The minimum Gasteiger partial charge on any atom is -0.0776 e. The molecule has 0 atom stereocenters. The van der Waals surface area contributed by atoms with E-state index in [4.69, 9.17) is 0 Å². The van der Waals surface area contributed by atoms with E-state index in [2.05, 4.69) is 97.9 Å². The summed E-state index contributed by atoms with van der Waals surface area (Å²) in [7, 11) is 0. The van der Waals surface area contributed by atoms with Crippen LogP contribution in [0.15, 0.2) is 91.0 Å². The lowest BCUT2D eigenvalue weighted by atomic mass is 9.92. The van der Waals surface area contributed by atoms with Crippen LogP contribution in [0.25, 0.3) is 43.4 Å². The van der Waals surface area contributed by atoms with Crippen molar-refractivity contribution in [1.29, 1.82) is 0 Å². The second-order valence-corrected chi connectivity index (χ2v) is 6.72. The highest BCUT2D eigenvalue weighted by atomic mass is 14.1. The van der Waals surface area contributed by atoms with E-state index in [1.165, 1.54) is 49.0 Å². The van der Waals surface area contributed by atoms with Gasteiger partial charge in [0, 0.05) is 0 Å². The molecule has 0 amide bonds. The van der Waals surface area contributed by atoms with Gasteiger partial charge in [-0.2, -0.15) is 0 Å². The standard InChI is InChI=1S/C25H18.2CH4/c1-17-7-6-8-18(15-17)19-13-14-24-22-11-3-2-9-20(22)21-10-4-5-12-23(21)25(24)16-19;;/h2-16H,1H3;2*1H4. The van der Waals surface area contributed by atoms with Gasteiger partial charge in [0.1, 0.15) is 0 Å². The molecule has 0 fully saturated rings. The summed E-state index contributed by atoms with van der Waals surface area (Å²) in [5.41, 5.74) is 3.84. The number of aryl methyl sites for hydroxylation is 1. The first kappa shape index (κ1) is 18.7. The molecule has 134 valence electrons. The Kier molecular flexibility index (Phi) is 5.01. The fraction of sp³-hybridized carbons (Fsp3) is 0.111. The van der Waals surface area contributed by atoms with Crippen molar-refractivity contribution in [3.8, 4) is 11.1 Å². The molecule has 0 heteroatoms. The van der Waals surface area contributed by atoms with Crippen molar-refractivity contribution in [2.45, 2.75) is 21.8 Å². The molecule has 0 heterocycles. The van der Waals surface area contributed by atoms with Crippen molar-refractivity contribution in [3.05, 3.63) is 96.6 Å². The number of hydrogen-bond acceptors (Lipinski definition) is 0. The summed E-state index contributed by atoms with van der Waals surface area (Å²) in [5, 5.41) is 7.96. The minimum absolute atomic E-state index is 0. The van der Waals surface area contributed by atoms with Crippen LogP contribution in [0, 0.1) is 6.92 Å². The Morgan fingerprint density at radius 1 is 0.407 bits per heavy atom. The highest BCUT2D eigenvalue weighted by Gasteiger charge is 2.09. The van der Waals surface area contributed by atoms with Gasteiger partial charge in [-0.3, -0.25) is 0 Å². The van der Waals surface area contributed by atoms with E-state index in [-0.39, 0.29) is 14.9 Å². The molecule has 5 aromatic rings. The van der Waals surface area contributed by atoms with Crippen molar-refractivity contribution in [2.24, 2.45) is 0 Å². The number of rotatable bonds is 1. The SMILES string of the molecule is C.C.Cc1cccc(-c2ccc3c4ccccc4c4ccccc4c3c2)c1. The molecular formula is C27H26. The molecular weight excluding hydrogens is 324 g/mol. The lowest BCUT2D eigenvalue weighted by Gasteiger charge is -2.12. The van der Waals surface area contributed by atoms with Gasteiger partial charge in [-0.25, -0.2) is 0 Å². The van der Waals surface area contributed by atoms with Crippen LogP contribution in [-0.2, 0) is 0 Å². The summed E-state index contributed by atoms with van der Waals surface area (Å²) in [6, 6.07) is 33.1. The molecule has 0 N–H and O–H groups in total. The van der Waals surface area contributed by atoms with E-state index in [0.717, 1.165) is 0 Å². The number of fused-ring (bicyclic) bond motifs is 6.